The van der Waals surface area contributed by atoms with Crippen LogP contribution >= 0.6 is 0 Å². The van der Waals surface area contributed by atoms with Crippen LogP contribution in [-0.4, -0.2) is 42.2 Å². The number of alkyl halides is 1. The van der Waals surface area contributed by atoms with E-state index in [-0.39, 0.29) is 12.2 Å². The molecule has 2 aromatic rings. The predicted octanol–water partition coefficient (Wildman–Crippen LogP) is 1.97. The number of halogens is 1. The first-order valence-electron chi connectivity index (χ1n) is 8.88. The maximum atomic E-state index is 13.9. The summed E-state index contributed by atoms with van der Waals surface area (Å²) in [5.74, 6) is -0.970. The first-order valence-corrected chi connectivity index (χ1v) is 8.88. The molecular weight excluding hydrogens is 353 g/mol. The topological polar surface area (TPSA) is 104 Å². The summed E-state index contributed by atoms with van der Waals surface area (Å²) >= 11 is 0. The Morgan fingerprint density at radius 3 is 2.78 bits per heavy atom. The Morgan fingerprint density at radius 2 is 2.11 bits per heavy atom. The summed E-state index contributed by atoms with van der Waals surface area (Å²) < 4.78 is 25.2. The van der Waals surface area contributed by atoms with E-state index in [0.29, 0.717) is 35.4 Å². The number of rotatable bonds is 7. The Morgan fingerprint density at radius 1 is 1.33 bits per heavy atom. The third-order valence-corrected chi connectivity index (χ3v) is 4.74. The second-order valence-corrected chi connectivity index (χ2v) is 6.38. The van der Waals surface area contributed by atoms with Gasteiger partial charge >= 0.3 is 0 Å². The van der Waals surface area contributed by atoms with E-state index >= 15 is 0 Å². The zero-order valence-corrected chi connectivity index (χ0v) is 15.2. The van der Waals surface area contributed by atoms with Crippen LogP contribution in [0.5, 0.6) is 11.6 Å². The summed E-state index contributed by atoms with van der Waals surface area (Å²) in [6, 6.07) is 4.59. The molecule has 1 aliphatic rings. The Balaban J connectivity index is 1.89. The summed E-state index contributed by atoms with van der Waals surface area (Å²) in [6.45, 7) is 4.10. The second-order valence-electron chi connectivity index (χ2n) is 6.38. The predicted molar refractivity (Wildman–Crippen MR) is 97.5 cm³/mol. The Bertz CT molecular complexity index is 873. The van der Waals surface area contributed by atoms with Gasteiger partial charge in [0, 0.05) is 17.5 Å². The lowest BCUT2D eigenvalue weighted by atomic mass is 9.97. The fourth-order valence-electron chi connectivity index (χ4n) is 3.35. The van der Waals surface area contributed by atoms with Crippen molar-refractivity contribution in [2.75, 3.05) is 13.2 Å². The molecule has 1 aliphatic heterocycles. The van der Waals surface area contributed by atoms with Crippen molar-refractivity contribution in [3.63, 3.8) is 0 Å². The average Bonchev–Trinajstić information content (AvgIpc) is 2.92. The molecule has 3 N–H and O–H groups in total. The molecule has 0 aliphatic carbocycles. The quantitative estimate of drug-likeness (QED) is 0.770. The van der Waals surface area contributed by atoms with Crippen molar-refractivity contribution in [3.8, 4) is 11.6 Å². The van der Waals surface area contributed by atoms with E-state index in [9.17, 15) is 14.0 Å². The molecule has 3 rings (SSSR count). The van der Waals surface area contributed by atoms with Crippen molar-refractivity contribution in [1.82, 2.24) is 10.3 Å². The van der Waals surface area contributed by atoms with Crippen LogP contribution < -0.4 is 20.5 Å². The molecule has 0 bridgehead atoms. The minimum atomic E-state index is -1.52. The van der Waals surface area contributed by atoms with Gasteiger partial charge in [0.05, 0.1) is 18.2 Å². The van der Waals surface area contributed by atoms with Gasteiger partial charge in [0.15, 0.2) is 6.17 Å². The van der Waals surface area contributed by atoms with Gasteiger partial charge in [-0.1, -0.05) is 6.92 Å². The average molecular weight is 375 g/mol. The summed E-state index contributed by atoms with van der Waals surface area (Å²) in [7, 11) is 0. The highest BCUT2D eigenvalue weighted by Crippen LogP contribution is 2.31. The van der Waals surface area contributed by atoms with Crippen molar-refractivity contribution in [2.45, 2.75) is 32.5 Å². The Labute approximate surface area is 156 Å². The number of hydrogen-bond donors (Lipinski definition) is 2. The van der Waals surface area contributed by atoms with E-state index in [0.717, 1.165) is 0 Å². The summed E-state index contributed by atoms with van der Waals surface area (Å²) in [4.78, 5) is 27.5. The van der Waals surface area contributed by atoms with Gasteiger partial charge in [0.2, 0.25) is 5.88 Å². The molecule has 144 valence electrons. The number of primary amides is 1. The number of hydrogen-bond acceptors (Lipinski definition) is 5. The SMILES string of the molecule is CCOc1cc2c(OC[C@H]3NC(=O)[C@@H](F)[C@H]3CC)nccc2cc1C(N)=O. The van der Waals surface area contributed by atoms with Gasteiger partial charge in [0.1, 0.15) is 12.4 Å². The van der Waals surface area contributed by atoms with Gasteiger partial charge in [-0.25, -0.2) is 9.37 Å². The third kappa shape index (κ3) is 3.65. The van der Waals surface area contributed by atoms with Crippen LogP contribution in [0.25, 0.3) is 10.8 Å². The van der Waals surface area contributed by atoms with Crippen LogP contribution in [0.4, 0.5) is 4.39 Å². The number of amides is 2. The van der Waals surface area contributed by atoms with Crippen molar-refractivity contribution in [3.05, 3.63) is 30.0 Å². The normalized spacial score (nSPS) is 21.9. The number of pyridine rings is 1. The molecule has 3 atom stereocenters. The number of fused-ring (bicyclic) bond motifs is 1. The van der Waals surface area contributed by atoms with Gasteiger partial charge in [-0.15, -0.1) is 0 Å². The van der Waals surface area contributed by atoms with Crippen LogP contribution in [0.1, 0.15) is 30.6 Å². The molecule has 0 unspecified atom stereocenters. The van der Waals surface area contributed by atoms with Crippen LogP contribution in [0.2, 0.25) is 0 Å². The molecule has 8 heteroatoms. The molecular formula is C19H22FN3O4. The Kier molecular flexibility index (Phi) is 5.43. The largest absolute Gasteiger partial charge is 0.493 e. The summed E-state index contributed by atoms with van der Waals surface area (Å²) in [6.07, 6.45) is 0.547. The van der Waals surface area contributed by atoms with E-state index in [1.807, 2.05) is 6.92 Å². The molecule has 1 aromatic carbocycles. The third-order valence-electron chi connectivity index (χ3n) is 4.74. The fraction of sp³-hybridized carbons (Fsp3) is 0.421. The monoisotopic (exact) mass is 375 g/mol. The first kappa shape index (κ1) is 18.9. The van der Waals surface area contributed by atoms with Crippen molar-refractivity contribution < 1.29 is 23.5 Å². The molecule has 7 nitrogen and oxygen atoms in total. The molecule has 0 saturated carbocycles. The van der Waals surface area contributed by atoms with Crippen molar-refractivity contribution in [2.24, 2.45) is 11.7 Å². The highest BCUT2D eigenvalue weighted by atomic mass is 19.1. The molecule has 27 heavy (non-hydrogen) atoms. The first-order chi connectivity index (χ1) is 13.0. The molecule has 1 saturated heterocycles. The van der Waals surface area contributed by atoms with Crippen LogP contribution in [0, 0.1) is 5.92 Å². The van der Waals surface area contributed by atoms with Gasteiger partial charge in [-0.2, -0.15) is 0 Å². The number of benzene rings is 1. The number of ether oxygens (including phenoxy) is 2. The minimum absolute atomic E-state index is 0.0956. The highest BCUT2D eigenvalue weighted by Gasteiger charge is 2.41. The van der Waals surface area contributed by atoms with E-state index < -0.39 is 29.9 Å². The number of nitrogens with zero attached hydrogens (tertiary/aromatic N) is 1. The van der Waals surface area contributed by atoms with Crippen molar-refractivity contribution >= 4 is 22.6 Å². The maximum absolute atomic E-state index is 13.9. The molecule has 0 spiro atoms. The molecule has 2 amide bonds. The second kappa shape index (κ2) is 7.77. The van der Waals surface area contributed by atoms with E-state index in [1.54, 1.807) is 31.3 Å². The zero-order valence-electron chi connectivity index (χ0n) is 15.2. The van der Waals surface area contributed by atoms with E-state index in [2.05, 4.69) is 10.3 Å². The van der Waals surface area contributed by atoms with Gasteiger partial charge in [-0.3, -0.25) is 9.59 Å². The number of carbonyl (C=O) groups is 2. The van der Waals surface area contributed by atoms with Crippen molar-refractivity contribution in [1.29, 1.82) is 0 Å². The summed E-state index contributed by atoms with van der Waals surface area (Å²) in [5, 5.41) is 3.98. The summed E-state index contributed by atoms with van der Waals surface area (Å²) in [5.41, 5.74) is 5.70. The number of aromatic nitrogens is 1. The molecule has 0 radical (unpaired) electrons. The molecule has 1 aromatic heterocycles. The van der Waals surface area contributed by atoms with Crippen LogP contribution in [0.3, 0.4) is 0 Å². The number of nitrogens with one attached hydrogen (secondary N) is 1. The maximum Gasteiger partial charge on any atom is 0.255 e. The van der Waals surface area contributed by atoms with Crippen LogP contribution in [-0.2, 0) is 4.79 Å². The van der Waals surface area contributed by atoms with E-state index in [4.69, 9.17) is 15.2 Å². The standard InChI is InChI=1S/C19H22FN3O4/c1-3-11-14(23-18(25)16(11)20)9-27-19-12-8-15(26-4-2)13(17(21)24)7-10(12)5-6-22-19/h5-8,11,14,16H,3-4,9H2,1-2H3,(H2,21,24)(H,23,25)/t11-,14+,16-/m0/s1. The smallest absolute Gasteiger partial charge is 0.255 e. The lowest BCUT2D eigenvalue weighted by Gasteiger charge is -2.19. The highest BCUT2D eigenvalue weighted by molar-refractivity contribution is 6.01. The van der Waals surface area contributed by atoms with E-state index in [1.165, 1.54) is 0 Å². The molecule has 1 fully saturated rings. The lowest BCUT2D eigenvalue weighted by Crippen LogP contribution is -2.34. The number of carbonyl (C=O) groups excluding carboxylic acids is 2. The fourth-order valence-corrected chi connectivity index (χ4v) is 3.35. The zero-order chi connectivity index (χ0) is 19.6. The molecule has 2 heterocycles. The minimum Gasteiger partial charge on any atom is -0.493 e. The van der Waals surface area contributed by atoms with Gasteiger partial charge in [-0.05, 0) is 36.9 Å². The Hall–Kier alpha value is -2.90. The lowest BCUT2D eigenvalue weighted by molar-refractivity contribution is -0.123. The van der Waals surface area contributed by atoms with Gasteiger partial charge in [0.25, 0.3) is 11.8 Å². The number of nitrogens with two attached hydrogens (primary N) is 1. The van der Waals surface area contributed by atoms with Gasteiger partial charge < -0.3 is 20.5 Å². The van der Waals surface area contributed by atoms with Crippen LogP contribution in [0.15, 0.2) is 24.4 Å².